The second-order valence-electron chi connectivity index (χ2n) is 5.80. The lowest BCUT2D eigenvalue weighted by Crippen LogP contribution is -2.45. The van der Waals surface area contributed by atoms with Gasteiger partial charge in [0, 0.05) is 25.7 Å². The summed E-state index contributed by atoms with van der Waals surface area (Å²) in [5.41, 5.74) is 0.907. The van der Waals surface area contributed by atoms with Gasteiger partial charge < -0.3 is 15.0 Å². The predicted molar refractivity (Wildman–Crippen MR) is 83.4 cm³/mol. The SMILES string of the molecule is CC(C)NCc1nc(N2C[C@@H](C)O[C@@H](C)C2)ccc1Cl. The zero-order valence-corrected chi connectivity index (χ0v) is 13.4. The monoisotopic (exact) mass is 297 g/mol. The maximum atomic E-state index is 6.23. The van der Waals surface area contributed by atoms with E-state index >= 15 is 0 Å². The second kappa shape index (κ2) is 6.74. The fraction of sp³-hybridized carbons (Fsp3) is 0.667. The third-order valence-electron chi connectivity index (χ3n) is 3.33. The van der Waals surface area contributed by atoms with Crippen molar-refractivity contribution in [3.63, 3.8) is 0 Å². The van der Waals surface area contributed by atoms with Gasteiger partial charge >= 0.3 is 0 Å². The van der Waals surface area contributed by atoms with Crippen molar-refractivity contribution in [1.82, 2.24) is 10.3 Å². The first kappa shape index (κ1) is 15.5. The molecule has 2 rings (SSSR count). The third-order valence-corrected chi connectivity index (χ3v) is 3.67. The Hall–Kier alpha value is -0.840. The van der Waals surface area contributed by atoms with Gasteiger partial charge in [0.2, 0.25) is 0 Å². The van der Waals surface area contributed by atoms with E-state index in [0.29, 0.717) is 12.6 Å². The molecule has 0 amide bonds. The molecule has 0 aromatic carbocycles. The minimum atomic E-state index is 0.230. The highest BCUT2D eigenvalue weighted by molar-refractivity contribution is 6.31. The van der Waals surface area contributed by atoms with Crippen molar-refractivity contribution in [3.8, 4) is 0 Å². The largest absolute Gasteiger partial charge is 0.372 e. The van der Waals surface area contributed by atoms with Crippen LogP contribution in [0.15, 0.2) is 12.1 Å². The molecule has 0 spiro atoms. The van der Waals surface area contributed by atoms with E-state index in [1.807, 2.05) is 12.1 Å². The molecule has 1 aromatic rings. The molecule has 1 aromatic heterocycles. The quantitative estimate of drug-likeness (QED) is 0.927. The number of ether oxygens (including phenoxy) is 1. The van der Waals surface area contributed by atoms with Crippen molar-refractivity contribution in [1.29, 1.82) is 0 Å². The number of hydrogen-bond donors (Lipinski definition) is 1. The van der Waals surface area contributed by atoms with Crippen molar-refractivity contribution in [2.24, 2.45) is 0 Å². The van der Waals surface area contributed by atoms with E-state index in [9.17, 15) is 0 Å². The van der Waals surface area contributed by atoms with E-state index in [0.717, 1.165) is 29.6 Å². The number of hydrogen-bond acceptors (Lipinski definition) is 4. The van der Waals surface area contributed by atoms with Gasteiger partial charge in [-0.15, -0.1) is 0 Å². The molecule has 112 valence electrons. The molecular weight excluding hydrogens is 274 g/mol. The molecule has 1 N–H and O–H groups in total. The Morgan fingerprint density at radius 3 is 2.60 bits per heavy atom. The molecule has 5 heteroatoms. The lowest BCUT2D eigenvalue weighted by Gasteiger charge is -2.36. The summed E-state index contributed by atoms with van der Waals surface area (Å²) in [5.74, 6) is 0.983. The average molecular weight is 298 g/mol. The van der Waals surface area contributed by atoms with Gasteiger partial charge in [-0.05, 0) is 26.0 Å². The van der Waals surface area contributed by atoms with Crippen LogP contribution in [0.4, 0.5) is 5.82 Å². The van der Waals surface area contributed by atoms with Gasteiger partial charge in [0.1, 0.15) is 5.82 Å². The molecule has 2 atom stereocenters. The Labute approximate surface area is 126 Å². The maximum Gasteiger partial charge on any atom is 0.129 e. The van der Waals surface area contributed by atoms with E-state index in [4.69, 9.17) is 21.3 Å². The summed E-state index contributed by atoms with van der Waals surface area (Å²) in [6.07, 6.45) is 0.460. The van der Waals surface area contributed by atoms with E-state index in [-0.39, 0.29) is 12.2 Å². The predicted octanol–water partition coefficient (Wildman–Crippen LogP) is 2.85. The van der Waals surface area contributed by atoms with Gasteiger partial charge in [0.15, 0.2) is 0 Å². The zero-order valence-electron chi connectivity index (χ0n) is 12.7. The first-order valence-corrected chi connectivity index (χ1v) is 7.62. The summed E-state index contributed by atoms with van der Waals surface area (Å²) in [6, 6.07) is 4.35. The van der Waals surface area contributed by atoms with Crippen molar-refractivity contribution in [2.75, 3.05) is 18.0 Å². The fourth-order valence-electron chi connectivity index (χ4n) is 2.44. The Balaban J connectivity index is 2.13. The van der Waals surface area contributed by atoms with Crippen LogP contribution in [0, 0.1) is 0 Å². The van der Waals surface area contributed by atoms with Gasteiger partial charge in [-0.25, -0.2) is 4.98 Å². The summed E-state index contributed by atoms with van der Waals surface area (Å²) in [4.78, 5) is 6.98. The number of morpholine rings is 1. The summed E-state index contributed by atoms with van der Waals surface area (Å²) in [7, 11) is 0. The number of nitrogens with one attached hydrogen (secondary N) is 1. The molecule has 1 aliphatic rings. The minimum absolute atomic E-state index is 0.230. The lowest BCUT2D eigenvalue weighted by atomic mass is 10.2. The van der Waals surface area contributed by atoms with Crippen LogP contribution in [-0.4, -0.2) is 36.3 Å². The van der Waals surface area contributed by atoms with Crippen LogP contribution in [-0.2, 0) is 11.3 Å². The standard InChI is InChI=1S/C15H24ClN3O/c1-10(2)17-7-14-13(16)5-6-15(18-14)19-8-11(3)20-12(4)9-19/h5-6,10-12,17H,7-9H2,1-4H3/t11-,12+. The molecule has 0 bridgehead atoms. The molecule has 1 fully saturated rings. The Morgan fingerprint density at radius 2 is 2.00 bits per heavy atom. The topological polar surface area (TPSA) is 37.4 Å². The molecule has 1 saturated heterocycles. The highest BCUT2D eigenvalue weighted by Gasteiger charge is 2.23. The van der Waals surface area contributed by atoms with E-state index in [1.54, 1.807) is 0 Å². The van der Waals surface area contributed by atoms with Crippen LogP contribution in [0.25, 0.3) is 0 Å². The highest BCUT2D eigenvalue weighted by Crippen LogP contribution is 2.22. The normalized spacial score (nSPS) is 23.4. The summed E-state index contributed by atoms with van der Waals surface area (Å²) >= 11 is 6.23. The molecular formula is C15H24ClN3O. The molecule has 0 radical (unpaired) electrons. The van der Waals surface area contributed by atoms with E-state index < -0.39 is 0 Å². The molecule has 4 nitrogen and oxygen atoms in total. The van der Waals surface area contributed by atoms with Crippen molar-refractivity contribution < 1.29 is 4.74 Å². The van der Waals surface area contributed by atoms with Crippen LogP contribution in [0.2, 0.25) is 5.02 Å². The number of nitrogens with zero attached hydrogens (tertiary/aromatic N) is 2. The van der Waals surface area contributed by atoms with Crippen LogP contribution >= 0.6 is 11.6 Å². The van der Waals surface area contributed by atoms with E-state index in [1.165, 1.54) is 0 Å². The summed E-state index contributed by atoms with van der Waals surface area (Å²) in [6.45, 7) is 10.9. The first-order valence-electron chi connectivity index (χ1n) is 7.25. The minimum Gasteiger partial charge on any atom is -0.372 e. The van der Waals surface area contributed by atoms with Crippen LogP contribution < -0.4 is 10.2 Å². The number of anilines is 1. The molecule has 20 heavy (non-hydrogen) atoms. The second-order valence-corrected chi connectivity index (χ2v) is 6.20. The Kier molecular flexibility index (Phi) is 5.24. The number of rotatable bonds is 4. The van der Waals surface area contributed by atoms with Crippen LogP contribution in [0.1, 0.15) is 33.4 Å². The van der Waals surface area contributed by atoms with Crippen LogP contribution in [0.3, 0.4) is 0 Å². The molecule has 0 saturated carbocycles. The van der Waals surface area contributed by atoms with Gasteiger partial charge in [0.25, 0.3) is 0 Å². The Morgan fingerprint density at radius 1 is 1.35 bits per heavy atom. The van der Waals surface area contributed by atoms with Crippen molar-refractivity contribution >= 4 is 17.4 Å². The third kappa shape index (κ3) is 4.08. The lowest BCUT2D eigenvalue weighted by molar-refractivity contribution is -0.00546. The average Bonchev–Trinajstić information content (AvgIpc) is 2.36. The maximum absolute atomic E-state index is 6.23. The fourth-order valence-corrected chi connectivity index (χ4v) is 2.61. The Bertz CT molecular complexity index is 443. The molecule has 1 aliphatic heterocycles. The van der Waals surface area contributed by atoms with Gasteiger partial charge in [-0.3, -0.25) is 0 Å². The molecule has 0 aliphatic carbocycles. The van der Waals surface area contributed by atoms with Crippen LogP contribution in [0.5, 0.6) is 0 Å². The molecule has 2 heterocycles. The summed E-state index contributed by atoms with van der Waals surface area (Å²) in [5, 5.41) is 4.08. The van der Waals surface area contributed by atoms with Gasteiger partial charge in [-0.2, -0.15) is 0 Å². The highest BCUT2D eigenvalue weighted by atomic mass is 35.5. The zero-order chi connectivity index (χ0) is 14.7. The van der Waals surface area contributed by atoms with Gasteiger partial charge in [-0.1, -0.05) is 25.4 Å². The van der Waals surface area contributed by atoms with E-state index in [2.05, 4.69) is 37.9 Å². The molecule has 0 unspecified atom stereocenters. The number of pyridine rings is 1. The van der Waals surface area contributed by atoms with Gasteiger partial charge in [0.05, 0.1) is 22.9 Å². The smallest absolute Gasteiger partial charge is 0.129 e. The van der Waals surface area contributed by atoms with Crippen molar-refractivity contribution in [2.45, 2.75) is 52.5 Å². The first-order chi connectivity index (χ1) is 9.45. The van der Waals surface area contributed by atoms with Crippen molar-refractivity contribution in [3.05, 3.63) is 22.8 Å². The summed E-state index contributed by atoms with van der Waals surface area (Å²) < 4.78 is 5.76. The number of aromatic nitrogens is 1. The number of halogens is 1.